The summed E-state index contributed by atoms with van der Waals surface area (Å²) in [5, 5.41) is 0. The molecule has 1 unspecified atom stereocenters. The second-order valence-corrected chi connectivity index (χ2v) is 9.14. The molecule has 0 amide bonds. The van der Waals surface area contributed by atoms with Gasteiger partial charge in [-0.05, 0) is 65.7 Å². The first-order valence-electron chi connectivity index (χ1n) is 11.2. The van der Waals surface area contributed by atoms with Crippen LogP contribution >= 0.6 is 7.82 Å². The largest absolute Gasteiger partial charge is 1.00 e. The van der Waals surface area contributed by atoms with Crippen molar-refractivity contribution in [3.63, 3.8) is 0 Å². The van der Waals surface area contributed by atoms with Crippen LogP contribution in [-0.2, 0) is 9.36 Å². The molecule has 4 rings (SSSR count). The number of phosphoric ester groups is 1. The van der Waals surface area contributed by atoms with Gasteiger partial charge in [-0.3, -0.25) is 9.59 Å². The Kier molecular flexibility index (Phi) is 10.2. The van der Waals surface area contributed by atoms with Crippen LogP contribution in [0.4, 0.5) is 0 Å². The Balaban J connectivity index is 0.00000400. The molecule has 9 heteroatoms. The maximum absolute atomic E-state index is 13.5. The molecule has 4 aromatic carbocycles. The van der Waals surface area contributed by atoms with Crippen molar-refractivity contribution in [2.24, 2.45) is 0 Å². The van der Waals surface area contributed by atoms with Crippen molar-refractivity contribution < 1.29 is 62.4 Å². The van der Waals surface area contributed by atoms with Crippen LogP contribution < -0.4 is 48.2 Å². The van der Waals surface area contributed by atoms with E-state index in [9.17, 15) is 19.0 Å². The molecule has 0 N–H and O–H groups in total. The monoisotopic (exact) mass is 536 g/mol. The Morgan fingerprint density at radius 2 is 1.16 bits per heavy atom. The average Bonchev–Trinajstić information content (AvgIpc) is 2.88. The van der Waals surface area contributed by atoms with Crippen LogP contribution in [0.2, 0.25) is 0 Å². The fourth-order valence-electron chi connectivity index (χ4n) is 3.45. The second kappa shape index (κ2) is 13.4. The molecule has 0 aliphatic rings. The number of carbonyl (C=O) groups excluding carboxylic acids is 2. The fourth-order valence-corrected chi connectivity index (χ4v) is 4.24. The predicted octanol–water partition coefficient (Wildman–Crippen LogP) is 2.97. The first-order valence-corrected chi connectivity index (χ1v) is 12.7. The van der Waals surface area contributed by atoms with Gasteiger partial charge in [0.05, 0.1) is 0 Å². The third-order valence-corrected chi connectivity index (χ3v) is 5.95. The summed E-state index contributed by atoms with van der Waals surface area (Å²) in [7, 11) is -4.69. The molecule has 7 nitrogen and oxygen atoms in total. The molecule has 0 fully saturated rings. The number of carbonyl (C=O) groups is 2. The third kappa shape index (κ3) is 8.28. The van der Waals surface area contributed by atoms with E-state index in [4.69, 9.17) is 13.8 Å². The van der Waals surface area contributed by atoms with Gasteiger partial charge in [0.1, 0.15) is 17.2 Å². The summed E-state index contributed by atoms with van der Waals surface area (Å²) in [5.74, 6) is -0.235. The van der Waals surface area contributed by atoms with Crippen LogP contribution in [0.5, 0.6) is 17.2 Å². The molecule has 0 spiro atoms. The van der Waals surface area contributed by atoms with Crippen LogP contribution in [0.15, 0.2) is 109 Å². The molecule has 0 saturated carbocycles. The van der Waals surface area contributed by atoms with Crippen LogP contribution in [0.1, 0.15) is 28.4 Å². The van der Waals surface area contributed by atoms with Gasteiger partial charge in [0.15, 0.2) is 5.78 Å². The van der Waals surface area contributed by atoms with E-state index in [2.05, 4.69) is 0 Å². The first-order chi connectivity index (χ1) is 17.8. The first kappa shape index (κ1) is 29.1. The van der Waals surface area contributed by atoms with Gasteiger partial charge in [0, 0.05) is 18.1 Å². The van der Waals surface area contributed by atoms with Crippen molar-refractivity contribution in [1.29, 1.82) is 0 Å². The van der Waals surface area contributed by atoms with E-state index in [1.807, 2.05) is 30.3 Å². The van der Waals surface area contributed by atoms with Crippen molar-refractivity contribution in [1.82, 2.24) is 0 Å². The van der Waals surface area contributed by atoms with E-state index in [0.717, 1.165) is 5.56 Å². The van der Waals surface area contributed by atoms with Crippen molar-refractivity contribution in [2.75, 3.05) is 0 Å². The van der Waals surface area contributed by atoms with Gasteiger partial charge < -0.3 is 18.7 Å². The molecule has 38 heavy (non-hydrogen) atoms. The van der Waals surface area contributed by atoms with Gasteiger partial charge in [-0.25, -0.2) is 4.57 Å². The summed E-state index contributed by atoms with van der Waals surface area (Å²) in [6.45, 7) is 1.31. The van der Waals surface area contributed by atoms with E-state index in [1.54, 1.807) is 48.5 Å². The van der Waals surface area contributed by atoms with Gasteiger partial charge in [0.25, 0.3) is 0 Å². The number of hydrogen-bond acceptors (Lipinski definition) is 7. The Hall–Kier alpha value is -3.45. The van der Waals surface area contributed by atoms with Crippen molar-refractivity contribution in [3.8, 4) is 17.2 Å². The molecule has 0 aromatic heterocycles. The number of benzene rings is 4. The standard InChI is InChI=1S/C29H23O7P.Na/c1-21(30)34-25-16-12-23(13-17-25)28(20-22-8-4-2-5-9-22)29(31)24-14-18-27(19-15-24)36-37(32,33)35-26-10-6-3-7-11-26;/h2-20H,1H3,(H,32,33);/q;+1/p-1. The molecule has 1 atom stereocenters. The molecule has 0 bridgehead atoms. The molecule has 0 aliphatic heterocycles. The SMILES string of the molecule is CC(=O)Oc1ccc(C(=Cc2ccccc2)C(=O)c2ccc(OP(=O)([O-])Oc3ccccc3)cc2)cc1.[Na+]. The molecule has 0 saturated heterocycles. The van der Waals surface area contributed by atoms with Crippen molar-refractivity contribution >= 4 is 31.2 Å². The van der Waals surface area contributed by atoms with Gasteiger partial charge in [-0.15, -0.1) is 0 Å². The Labute approximate surface area is 242 Å². The number of ketones is 1. The number of phosphoric acid groups is 1. The normalized spacial score (nSPS) is 12.4. The number of ether oxygens (including phenoxy) is 1. The Morgan fingerprint density at radius 1 is 0.684 bits per heavy atom. The number of hydrogen-bond donors (Lipinski definition) is 0. The van der Waals surface area contributed by atoms with Gasteiger partial charge in [-0.1, -0.05) is 60.7 Å². The zero-order valence-corrected chi connectivity index (χ0v) is 23.7. The predicted molar refractivity (Wildman–Crippen MR) is 138 cm³/mol. The average molecular weight is 536 g/mol. The topological polar surface area (TPSA) is 102 Å². The molecular formula is C29H22NaO7P. The van der Waals surface area contributed by atoms with Gasteiger partial charge >= 0.3 is 43.3 Å². The van der Waals surface area contributed by atoms with E-state index in [1.165, 1.54) is 43.3 Å². The molecule has 0 heterocycles. The molecule has 4 aromatic rings. The molecule has 0 aliphatic carbocycles. The van der Waals surface area contributed by atoms with E-state index in [0.29, 0.717) is 22.4 Å². The number of esters is 1. The van der Waals surface area contributed by atoms with Crippen LogP contribution in [0, 0.1) is 0 Å². The third-order valence-electron chi connectivity index (χ3n) is 5.08. The minimum atomic E-state index is -4.69. The fraction of sp³-hybridized carbons (Fsp3) is 0.0345. The minimum absolute atomic E-state index is 0. The summed E-state index contributed by atoms with van der Waals surface area (Å²) >= 11 is 0. The van der Waals surface area contributed by atoms with Crippen LogP contribution in [-0.4, -0.2) is 11.8 Å². The van der Waals surface area contributed by atoms with Crippen molar-refractivity contribution in [2.45, 2.75) is 6.92 Å². The van der Waals surface area contributed by atoms with Gasteiger partial charge in [0.2, 0.25) is 0 Å². The maximum atomic E-state index is 13.5. The van der Waals surface area contributed by atoms with E-state index in [-0.39, 0.29) is 46.8 Å². The Bertz CT molecular complexity index is 1450. The van der Waals surface area contributed by atoms with Crippen molar-refractivity contribution in [3.05, 3.63) is 126 Å². The summed E-state index contributed by atoms with van der Waals surface area (Å²) in [5.41, 5.74) is 2.16. The molecule has 0 radical (unpaired) electrons. The maximum Gasteiger partial charge on any atom is 1.00 e. The summed E-state index contributed by atoms with van der Waals surface area (Å²) in [4.78, 5) is 37.0. The number of para-hydroxylation sites is 1. The quantitative estimate of drug-likeness (QED) is 0.0617. The summed E-state index contributed by atoms with van der Waals surface area (Å²) < 4.78 is 27.3. The zero-order chi connectivity index (χ0) is 26.3. The number of allylic oxidation sites excluding steroid dienone is 1. The van der Waals surface area contributed by atoms with E-state index >= 15 is 0 Å². The molecular weight excluding hydrogens is 514 g/mol. The number of rotatable bonds is 9. The summed E-state index contributed by atoms with van der Waals surface area (Å²) in [6, 6.07) is 29.7. The second-order valence-electron chi connectivity index (χ2n) is 7.88. The zero-order valence-electron chi connectivity index (χ0n) is 20.8. The van der Waals surface area contributed by atoms with Crippen LogP contribution in [0.25, 0.3) is 11.6 Å². The van der Waals surface area contributed by atoms with Gasteiger partial charge in [-0.2, -0.15) is 0 Å². The Morgan fingerprint density at radius 3 is 1.71 bits per heavy atom. The number of Topliss-reactive ketones (excluding diaryl/α,β-unsaturated/α-hetero) is 1. The summed E-state index contributed by atoms with van der Waals surface area (Å²) in [6.07, 6.45) is 1.76. The van der Waals surface area contributed by atoms with E-state index < -0.39 is 13.8 Å². The minimum Gasteiger partial charge on any atom is -0.736 e. The van der Waals surface area contributed by atoms with Crippen LogP contribution in [0.3, 0.4) is 0 Å². The smallest absolute Gasteiger partial charge is 0.736 e. The molecule has 186 valence electrons.